The van der Waals surface area contributed by atoms with Crippen molar-refractivity contribution in [2.75, 3.05) is 0 Å². The Morgan fingerprint density at radius 1 is 1.29 bits per heavy atom. The molecule has 1 atom stereocenters. The van der Waals surface area contributed by atoms with Gasteiger partial charge in [-0.2, -0.15) is 4.40 Å². The van der Waals surface area contributed by atoms with Crippen LogP contribution in [0.5, 0.6) is 0 Å². The number of aromatic nitrogens is 1. The Kier molecular flexibility index (Phi) is 3.65. The minimum absolute atomic E-state index is 0.0741. The van der Waals surface area contributed by atoms with Gasteiger partial charge >= 0.3 is 0 Å². The molecule has 17 heavy (non-hydrogen) atoms. The summed E-state index contributed by atoms with van der Waals surface area (Å²) in [5.41, 5.74) is 1.05. The van der Waals surface area contributed by atoms with Crippen molar-refractivity contribution >= 4 is 28.7 Å². The number of fused-ring (bicyclic) bond motifs is 1. The van der Waals surface area contributed by atoms with Gasteiger partial charge in [-0.3, -0.25) is 8.75 Å². The van der Waals surface area contributed by atoms with E-state index in [9.17, 15) is 9.00 Å². The standard InChI is InChI=1S/C7H5NOS.C4H5NOS/c9-10-7-4-2-1-3-6(7)5-8-10;1-5-4(6)2-3-7-5/h1-5H;2-3H,1H3. The molecule has 0 amide bonds. The first kappa shape index (κ1) is 11.9. The maximum atomic E-state index is 11.0. The molecule has 2 aromatic rings. The van der Waals surface area contributed by atoms with Gasteiger partial charge in [0, 0.05) is 30.3 Å². The highest BCUT2D eigenvalue weighted by Crippen LogP contribution is 2.17. The lowest BCUT2D eigenvalue weighted by Crippen LogP contribution is -2.05. The largest absolute Gasteiger partial charge is 0.268 e. The second kappa shape index (κ2) is 5.20. The molecule has 4 nitrogen and oxygen atoms in total. The predicted molar refractivity (Wildman–Crippen MR) is 70.0 cm³/mol. The molecule has 0 N–H and O–H groups in total. The Morgan fingerprint density at radius 3 is 2.59 bits per heavy atom. The maximum Gasteiger partial charge on any atom is 0.260 e. The number of aryl methyl sites for hydroxylation is 1. The zero-order valence-corrected chi connectivity index (χ0v) is 10.7. The molecular weight excluding hydrogens is 256 g/mol. The van der Waals surface area contributed by atoms with E-state index in [0.29, 0.717) is 0 Å². The van der Waals surface area contributed by atoms with Gasteiger partial charge in [0.1, 0.15) is 0 Å². The van der Waals surface area contributed by atoms with E-state index in [0.717, 1.165) is 10.5 Å². The van der Waals surface area contributed by atoms with E-state index >= 15 is 0 Å². The summed E-state index contributed by atoms with van der Waals surface area (Å²) in [4.78, 5) is 11.2. The first-order chi connectivity index (χ1) is 8.18. The Labute approximate surface area is 105 Å². The minimum Gasteiger partial charge on any atom is -0.268 e. The fraction of sp³-hybridized carbons (Fsp3) is 0.0909. The fourth-order valence-corrected chi connectivity index (χ4v) is 2.61. The molecule has 88 valence electrons. The summed E-state index contributed by atoms with van der Waals surface area (Å²) in [5, 5.41) is 1.77. The van der Waals surface area contributed by atoms with Crippen LogP contribution in [-0.4, -0.2) is 14.4 Å². The van der Waals surface area contributed by atoms with Gasteiger partial charge in [0.2, 0.25) is 0 Å². The van der Waals surface area contributed by atoms with Gasteiger partial charge in [0.15, 0.2) is 11.0 Å². The van der Waals surface area contributed by atoms with Crippen molar-refractivity contribution in [2.45, 2.75) is 4.90 Å². The fourth-order valence-electron chi connectivity index (χ4n) is 1.24. The van der Waals surface area contributed by atoms with Crippen LogP contribution < -0.4 is 5.56 Å². The molecule has 0 radical (unpaired) electrons. The smallest absolute Gasteiger partial charge is 0.260 e. The zero-order chi connectivity index (χ0) is 12.3. The van der Waals surface area contributed by atoms with E-state index < -0.39 is 11.0 Å². The van der Waals surface area contributed by atoms with Crippen molar-refractivity contribution in [3.63, 3.8) is 0 Å². The van der Waals surface area contributed by atoms with Crippen LogP contribution in [0.4, 0.5) is 0 Å². The lowest BCUT2D eigenvalue weighted by Gasteiger charge is -1.90. The molecule has 0 saturated heterocycles. The van der Waals surface area contributed by atoms with Crippen LogP contribution in [0, 0.1) is 0 Å². The predicted octanol–water partition coefficient (Wildman–Crippen LogP) is 1.59. The molecule has 1 aliphatic rings. The molecule has 3 rings (SSSR count). The summed E-state index contributed by atoms with van der Waals surface area (Å²) in [6, 6.07) is 9.06. The van der Waals surface area contributed by atoms with Crippen LogP contribution in [-0.2, 0) is 18.0 Å². The van der Waals surface area contributed by atoms with E-state index in [1.807, 2.05) is 24.3 Å². The summed E-state index contributed by atoms with van der Waals surface area (Å²) in [6.07, 6.45) is 1.64. The molecule has 1 unspecified atom stereocenters. The van der Waals surface area contributed by atoms with Crippen molar-refractivity contribution in [3.8, 4) is 0 Å². The molecule has 0 fully saturated rings. The average Bonchev–Trinajstić information content (AvgIpc) is 2.89. The number of benzene rings is 1. The third kappa shape index (κ3) is 2.78. The van der Waals surface area contributed by atoms with E-state index in [1.165, 1.54) is 11.5 Å². The lowest BCUT2D eigenvalue weighted by molar-refractivity contribution is 0.685. The molecule has 1 aromatic heterocycles. The van der Waals surface area contributed by atoms with Crippen LogP contribution in [0.1, 0.15) is 5.56 Å². The van der Waals surface area contributed by atoms with Crippen LogP contribution in [0.25, 0.3) is 0 Å². The van der Waals surface area contributed by atoms with Gasteiger partial charge < -0.3 is 0 Å². The third-order valence-electron chi connectivity index (χ3n) is 2.13. The van der Waals surface area contributed by atoms with E-state index in [2.05, 4.69) is 4.40 Å². The van der Waals surface area contributed by atoms with E-state index in [-0.39, 0.29) is 5.56 Å². The Hall–Kier alpha value is -1.53. The Bertz CT molecular complexity index is 628. The summed E-state index contributed by atoms with van der Waals surface area (Å²) >= 11 is 1.41. The maximum absolute atomic E-state index is 11.0. The van der Waals surface area contributed by atoms with Crippen LogP contribution >= 0.6 is 11.5 Å². The van der Waals surface area contributed by atoms with Gasteiger partial charge in [-0.05, 0) is 6.07 Å². The highest BCUT2D eigenvalue weighted by atomic mass is 32.2. The first-order valence-corrected chi connectivity index (χ1v) is 6.79. The monoisotopic (exact) mass is 266 g/mol. The Morgan fingerprint density at radius 2 is 2.06 bits per heavy atom. The second-order valence-electron chi connectivity index (χ2n) is 3.27. The highest BCUT2D eigenvalue weighted by molar-refractivity contribution is 7.84. The van der Waals surface area contributed by atoms with Gasteiger partial charge in [-0.25, -0.2) is 4.21 Å². The SMILES string of the molecule is Cn1sccc1=O.O=S1N=Cc2ccccc21. The van der Waals surface area contributed by atoms with Crippen LogP contribution in [0.2, 0.25) is 0 Å². The molecule has 0 saturated carbocycles. The van der Waals surface area contributed by atoms with Crippen molar-refractivity contribution in [1.82, 2.24) is 3.96 Å². The molecule has 1 aromatic carbocycles. The quantitative estimate of drug-likeness (QED) is 0.727. The van der Waals surface area contributed by atoms with Crippen LogP contribution in [0.3, 0.4) is 0 Å². The lowest BCUT2D eigenvalue weighted by atomic mass is 10.2. The third-order valence-corrected chi connectivity index (χ3v) is 3.93. The molecular formula is C11H10N2O2S2. The Balaban J connectivity index is 0.000000136. The summed E-state index contributed by atoms with van der Waals surface area (Å²) in [6.45, 7) is 0. The summed E-state index contributed by atoms with van der Waals surface area (Å²) in [5.74, 6) is 0. The minimum atomic E-state index is -1.13. The van der Waals surface area contributed by atoms with Crippen molar-refractivity contribution < 1.29 is 4.21 Å². The van der Waals surface area contributed by atoms with Crippen LogP contribution in [0.15, 0.2) is 49.8 Å². The normalized spacial score (nSPS) is 16.2. The summed E-state index contributed by atoms with van der Waals surface area (Å²) in [7, 11) is 0.615. The van der Waals surface area contributed by atoms with Gasteiger partial charge in [0.05, 0.1) is 4.90 Å². The zero-order valence-electron chi connectivity index (χ0n) is 9.07. The summed E-state index contributed by atoms with van der Waals surface area (Å²) < 4.78 is 16.3. The number of hydrogen-bond acceptors (Lipinski definition) is 3. The van der Waals surface area contributed by atoms with Crippen molar-refractivity contribution in [3.05, 3.63) is 51.6 Å². The average molecular weight is 266 g/mol. The molecule has 0 bridgehead atoms. The molecule has 6 heteroatoms. The van der Waals surface area contributed by atoms with E-state index in [4.69, 9.17) is 0 Å². The number of rotatable bonds is 0. The topological polar surface area (TPSA) is 51.4 Å². The number of hydrogen-bond donors (Lipinski definition) is 0. The first-order valence-electron chi connectivity index (χ1n) is 4.84. The highest BCUT2D eigenvalue weighted by Gasteiger charge is 2.11. The molecule has 1 aliphatic heterocycles. The van der Waals surface area contributed by atoms with E-state index in [1.54, 1.807) is 28.7 Å². The molecule has 0 spiro atoms. The van der Waals surface area contributed by atoms with Crippen molar-refractivity contribution in [1.29, 1.82) is 0 Å². The van der Waals surface area contributed by atoms with Gasteiger partial charge in [-0.15, -0.1) is 0 Å². The molecule has 2 heterocycles. The van der Waals surface area contributed by atoms with Gasteiger partial charge in [-0.1, -0.05) is 29.7 Å². The second-order valence-corrected chi connectivity index (χ2v) is 5.45. The number of nitrogens with zero attached hydrogens (tertiary/aromatic N) is 2. The van der Waals surface area contributed by atoms with Crippen molar-refractivity contribution in [2.24, 2.45) is 11.4 Å². The van der Waals surface area contributed by atoms with Gasteiger partial charge in [0.25, 0.3) is 5.56 Å². The molecule has 0 aliphatic carbocycles.